The van der Waals surface area contributed by atoms with E-state index in [2.05, 4.69) is 12.2 Å². The number of carbonyl (C=O) groups excluding carboxylic acids is 1. The molecule has 3 rings (SSSR count). The maximum absolute atomic E-state index is 11.4. The first-order chi connectivity index (χ1) is 9.21. The summed E-state index contributed by atoms with van der Waals surface area (Å²) in [6.07, 6.45) is 13.6. The molecule has 3 aliphatic rings. The zero-order valence-electron chi connectivity index (χ0n) is 11.7. The third-order valence-corrected chi connectivity index (χ3v) is 4.79. The normalized spacial score (nSPS) is 27.2. The van der Waals surface area contributed by atoms with Crippen LogP contribution in [0, 0.1) is 5.41 Å². The van der Waals surface area contributed by atoms with Gasteiger partial charge >= 0.3 is 0 Å². The predicted molar refractivity (Wildman–Crippen MR) is 75.6 cm³/mol. The summed E-state index contributed by atoms with van der Waals surface area (Å²) >= 11 is 0. The van der Waals surface area contributed by atoms with Gasteiger partial charge in [-0.2, -0.15) is 0 Å². The zero-order valence-corrected chi connectivity index (χ0v) is 11.7. The molecule has 0 N–H and O–H groups in total. The van der Waals surface area contributed by atoms with E-state index in [4.69, 9.17) is 4.74 Å². The predicted octanol–water partition coefficient (Wildman–Crippen LogP) is 4.09. The van der Waals surface area contributed by atoms with Gasteiger partial charge in [-0.25, -0.2) is 0 Å². The molecule has 0 aromatic rings. The Labute approximate surface area is 115 Å². The Morgan fingerprint density at radius 2 is 2.05 bits per heavy atom. The summed E-state index contributed by atoms with van der Waals surface area (Å²) in [7, 11) is 0. The molecule has 2 heteroatoms. The third-order valence-electron chi connectivity index (χ3n) is 4.79. The van der Waals surface area contributed by atoms with Crippen LogP contribution in [0.1, 0.15) is 51.9 Å². The Kier molecular flexibility index (Phi) is 3.34. The number of allylic oxidation sites excluding steroid dienone is 5. The molecule has 0 heterocycles. The van der Waals surface area contributed by atoms with Crippen molar-refractivity contribution in [3.05, 3.63) is 35.1 Å². The maximum Gasteiger partial charge on any atom is 0.132 e. The van der Waals surface area contributed by atoms with Crippen LogP contribution in [0.5, 0.6) is 0 Å². The first-order valence-corrected chi connectivity index (χ1v) is 7.42. The Morgan fingerprint density at radius 1 is 1.26 bits per heavy atom. The fraction of sp³-hybridized carbons (Fsp3) is 0.588. The van der Waals surface area contributed by atoms with Crippen LogP contribution in [-0.2, 0) is 9.53 Å². The van der Waals surface area contributed by atoms with E-state index in [0.29, 0.717) is 11.2 Å². The molecule has 3 aliphatic carbocycles. The van der Waals surface area contributed by atoms with Crippen molar-refractivity contribution in [2.45, 2.75) is 51.9 Å². The van der Waals surface area contributed by atoms with Crippen molar-refractivity contribution in [3.63, 3.8) is 0 Å². The lowest BCUT2D eigenvalue weighted by Gasteiger charge is -2.33. The van der Waals surface area contributed by atoms with E-state index in [1.807, 2.05) is 13.2 Å². The first-order valence-electron chi connectivity index (χ1n) is 7.42. The molecule has 0 aromatic carbocycles. The lowest BCUT2D eigenvalue weighted by Crippen LogP contribution is -2.25. The number of ether oxygens (including phenoxy) is 1. The highest BCUT2D eigenvalue weighted by Crippen LogP contribution is 2.53. The quantitative estimate of drug-likeness (QED) is 0.697. The molecule has 19 heavy (non-hydrogen) atoms. The van der Waals surface area contributed by atoms with Crippen LogP contribution in [0.2, 0.25) is 0 Å². The molecule has 0 saturated heterocycles. The summed E-state index contributed by atoms with van der Waals surface area (Å²) in [6.45, 7) is 2.74. The third kappa shape index (κ3) is 2.54. The molecule has 0 bridgehead atoms. The van der Waals surface area contributed by atoms with Gasteiger partial charge in [0.1, 0.15) is 5.78 Å². The standard InChI is InChI=1S/C17H22O2/c1-2-19-12-13-3-4-14-10-17(11-15(14)9-13)7-5-16(18)6-8-17/h3-4,12H,2,5-11H2,1H3. The fourth-order valence-corrected chi connectivity index (χ4v) is 3.71. The van der Waals surface area contributed by atoms with Crippen LogP contribution >= 0.6 is 0 Å². The molecule has 0 unspecified atom stereocenters. The van der Waals surface area contributed by atoms with Crippen LogP contribution in [0.15, 0.2) is 35.1 Å². The summed E-state index contributed by atoms with van der Waals surface area (Å²) in [5.74, 6) is 0.461. The highest BCUT2D eigenvalue weighted by atomic mass is 16.5. The summed E-state index contributed by atoms with van der Waals surface area (Å²) < 4.78 is 5.39. The lowest BCUT2D eigenvalue weighted by molar-refractivity contribution is -0.122. The molecular formula is C17H22O2. The number of ketones is 1. The first kappa shape index (κ1) is 12.7. The number of hydrogen-bond acceptors (Lipinski definition) is 2. The molecule has 1 spiro atoms. The van der Waals surface area contributed by atoms with Gasteiger partial charge in [0.2, 0.25) is 0 Å². The minimum absolute atomic E-state index is 0.407. The van der Waals surface area contributed by atoms with E-state index >= 15 is 0 Å². The van der Waals surface area contributed by atoms with Crippen LogP contribution in [0.4, 0.5) is 0 Å². The van der Waals surface area contributed by atoms with Gasteiger partial charge in [0.15, 0.2) is 0 Å². The van der Waals surface area contributed by atoms with E-state index in [1.165, 1.54) is 24.0 Å². The lowest BCUT2D eigenvalue weighted by atomic mass is 9.71. The van der Waals surface area contributed by atoms with Crippen LogP contribution < -0.4 is 0 Å². The Hall–Kier alpha value is -1.31. The summed E-state index contributed by atoms with van der Waals surface area (Å²) in [6, 6.07) is 0. The van der Waals surface area contributed by atoms with Gasteiger partial charge in [-0.05, 0) is 55.6 Å². The Bertz CT molecular complexity index is 469. The smallest absolute Gasteiger partial charge is 0.132 e. The molecule has 0 radical (unpaired) electrons. The van der Waals surface area contributed by atoms with Gasteiger partial charge in [-0.1, -0.05) is 17.7 Å². The van der Waals surface area contributed by atoms with Crippen molar-refractivity contribution < 1.29 is 9.53 Å². The van der Waals surface area contributed by atoms with Crippen molar-refractivity contribution in [2.75, 3.05) is 6.61 Å². The molecule has 1 fully saturated rings. The monoisotopic (exact) mass is 258 g/mol. The molecule has 0 aliphatic heterocycles. The average Bonchev–Trinajstić information content (AvgIpc) is 2.77. The minimum atomic E-state index is 0.407. The number of rotatable bonds is 2. The minimum Gasteiger partial charge on any atom is -0.501 e. The maximum atomic E-state index is 11.4. The van der Waals surface area contributed by atoms with E-state index in [9.17, 15) is 4.79 Å². The largest absolute Gasteiger partial charge is 0.501 e. The second-order valence-corrected chi connectivity index (χ2v) is 6.18. The molecule has 1 saturated carbocycles. The topological polar surface area (TPSA) is 26.3 Å². The summed E-state index contributed by atoms with van der Waals surface area (Å²) in [5.41, 5.74) is 4.81. The zero-order chi connectivity index (χ0) is 13.3. The summed E-state index contributed by atoms with van der Waals surface area (Å²) in [5, 5.41) is 0. The van der Waals surface area contributed by atoms with Crippen molar-refractivity contribution >= 4 is 5.78 Å². The Morgan fingerprint density at radius 3 is 2.79 bits per heavy atom. The van der Waals surface area contributed by atoms with Gasteiger partial charge < -0.3 is 4.74 Å². The molecule has 2 nitrogen and oxygen atoms in total. The molecule has 0 aromatic heterocycles. The van der Waals surface area contributed by atoms with Gasteiger partial charge in [0.25, 0.3) is 0 Å². The van der Waals surface area contributed by atoms with E-state index in [0.717, 1.165) is 38.7 Å². The van der Waals surface area contributed by atoms with Crippen LogP contribution in [-0.4, -0.2) is 12.4 Å². The van der Waals surface area contributed by atoms with Crippen molar-refractivity contribution in [2.24, 2.45) is 5.41 Å². The molecule has 0 amide bonds. The highest BCUT2D eigenvalue weighted by Gasteiger charge is 2.40. The van der Waals surface area contributed by atoms with Crippen molar-refractivity contribution in [1.82, 2.24) is 0 Å². The number of hydrogen-bond donors (Lipinski definition) is 0. The van der Waals surface area contributed by atoms with Crippen LogP contribution in [0.3, 0.4) is 0 Å². The highest BCUT2D eigenvalue weighted by molar-refractivity contribution is 5.79. The molecule has 0 atom stereocenters. The van der Waals surface area contributed by atoms with Gasteiger partial charge in [0.05, 0.1) is 12.9 Å². The van der Waals surface area contributed by atoms with E-state index < -0.39 is 0 Å². The molecular weight excluding hydrogens is 236 g/mol. The Balaban J connectivity index is 1.69. The second-order valence-electron chi connectivity index (χ2n) is 6.18. The fourth-order valence-electron chi connectivity index (χ4n) is 3.71. The molecule has 102 valence electrons. The second kappa shape index (κ2) is 4.99. The van der Waals surface area contributed by atoms with Gasteiger partial charge in [0, 0.05) is 12.8 Å². The van der Waals surface area contributed by atoms with Gasteiger partial charge in [-0.15, -0.1) is 0 Å². The average molecular weight is 258 g/mol. The number of carbonyl (C=O) groups is 1. The van der Waals surface area contributed by atoms with E-state index in [-0.39, 0.29) is 0 Å². The summed E-state index contributed by atoms with van der Waals surface area (Å²) in [4.78, 5) is 11.4. The van der Waals surface area contributed by atoms with Crippen molar-refractivity contribution in [1.29, 1.82) is 0 Å². The van der Waals surface area contributed by atoms with E-state index in [1.54, 1.807) is 5.57 Å². The number of Topliss-reactive ketones (excluding diaryl/α,β-unsaturated/α-hetero) is 1. The van der Waals surface area contributed by atoms with Crippen molar-refractivity contribution in [3.8, 4) is 0 Å². The van der Waals surface area contributed by atoms with Crippen LogP contribution in [0.25, 0.3) is 0 Å². The van der Waals surface area contributed by atoms with Gasteiger partial charge in [-0.3, -0.25) is 4.79 Å². The SMILES string of the molecule is CCOC=C1C=CC2=C(C1)CC1(CCC(=O)CC1)C2.